The van der Waals surface area contributed by atoms with E-state index in [1.54, 1.807) is 0 Å². The topological polar surface area (TPSA) is 55.1 Å². The molecule has 1 aliphatic rings. The maximum absolute atomic E-state index is 14.3. The average Bonchev–Trinajstić information content (AvgIpc) is 3.55. The van der Waals surface area contributed by atoms with E-state index < -0.39 is 0 Å². The number of hydrogen-bond acceptors (Lipinski definition) is 2. The average molecular weight is 516 g/mol. The first-order valence-electron chi connectivity index (χ1n) is 13.6. The summed E-state index contributed by atoms with van der Waals surface area (Å²) in [6.07, 6.45) is 3.70. The normalized spacial score (nSPS) is 14.4. The summed E-state index contributed by atoms with van der Waals surface area (Å²) in [5.74, 6) is 0.986. The fourth-order valence-corrected chi connectivity index (χ4v) is 5.68. The van der Waals surface area contributed by atoms with E-state index >= 15 is 0 Å². The Bertz CT molecular complexity index is 1630. The SMILES string of the molecule is CCc1ccccc1NC(=O)N1Cc2c(CC)nn(-c3ccccc3)c2-n2cccc2C1c1cccc(C)c1. The maximum Gasteiger partial charge on any atom is 0.322 e. The molecule has 0 saturated heterocycles. The van der Waals surface area contributed by atoms with Gasteiger partial charge in [0.05, 0.1) is 29.7 Å². The Hall–Kier alpha value is -4.58. The van der Waals surface area contributed by atoms with E-state index in [2.05, 4.69) is 91.4 Å². The molecule has 6 heteroatoms. The quantitative estimate of drug-likeness (QED) is 0.268. The number of rotatable bonds is 5. The Morgan fingerprint density at radius 1 is 0.923 bits per heavy atom. The van der Waals surface area contributed by atoms with Gasteiger partial charge in [0, 0.05) is 17.4 Å². The number of urea groups is 1. The van der Waals surface area contributed by atoms with Gasteiger partial charge in [0.25, 0.3) is 0 Å². The van der Waals surface area contributed by atoms with E-state index in [9.17, 15) is 4.79 Å². The molecule has 5 aromatic rings. The van der Waals surface area contributed by atoms with E-state index in [0.29, 0.717) is 6.54 Å². The number of nitrogens with one attached hydrogen (secondary N) is 1. The van der Waals surface area contributed by atoms with E-state index in [1.807, 2.05) is 46.0 Å². The van der Waals surface area contributed by atoms with Crippen LogP contribution >= 0.6 is 0 Å². The van der Waals surface area contributed by atoms with Crippen molar-refractivity contribution in [2.75, 3.05) is 5.32 Å². The minimum Gasteiger partial charge on any atom is -0.308 e. The van der Waals surface area contributed by atoms with Crippen molar-refractivity contribution in [1.82, 2.24) is 19.2 Å². The van der Waals surface area contributed by atoms with Crippen molar-refractivity contribution in [1.29, 1.82) is 0 Å². The molecule has 6 rings (SSSR count). The number of nitrogens with zero attached hydrogens (tertiary/aromatic N) is 4. The van der Waals surface area contributed by atoms with Crippen LogP contribution in [0.1, 0.15) is 53.5 Å². The number of anilines is 1. The van der Waals surface area contributed by atoms with Gasteiger partial charge in [0.15, 0.2) is 0 Å². The summed E-state index contributed by atoms with van der Waals surface area (Å²) in [4.78, 5) is 16.2. The van der Waals surface area contributed by atoms with Crippen LogP contribution in [0.3, 0.4) is 0 Å². The number of fused-ring (bicyclic) bond motifs is 3. The van der Waals surface area contributed by atoms with Gasteiger partial charge in [-0.25, -0.2) is 9.48 Å². The van der Waals surface area contributed by atoms with Gasteiger partial charge in [-0.1, -0.05) is 80.1 Å². The Kier molecular flexibility index (Phi) is 6.53. The van der Waals surface area contributed by atoms with Gasteiger partial charge in [-0.05, 0) is 61.2 Å². The van der Waals surface area contributed by atoms with Crippen molar-refractivity contribution >= 4 is 11.7 Å². The zero-order chi connectivity index (χ0) is 26.9. The summed E-state index contributed by atoms with van der Waals surface area (Å²) in [6.45, 7) is 6.76. The monoisotopic (exact) mass is 515 g/mol. The van der Waals surface area contributed by atoms with Crippen LogP contribution in [0.15, 0.2) is 97.2 Å². The summed E-state index contributed by atoms with van der Waals surface area (Å²) < 4.78 is 4.24. The lowest BCUT2D eigenvalue weighted by Crippen LogP contribution is -2.38. The molecule has 1 N–H and O–H groups in total. The fourth-order valence-electron chi connectivity index (χ4n) is 5.68. The minimum absolute atomic E-state index is 0.127. The van der Waals surface area contributed by atoms with E-state index in [-0.39, 0.29) is 12.1 Å². The Balaban J connectivity index is 1.56. The van der Waals surface area contributed by atoms with Crippen LogP contribution in [-0.4, -0.2) is 25.3 Å². The number of para-hydroxylation sites is 2. The number of aryl methyl sites for hydroxylation is 3. The molecule has 0 fully saturated rings. The first-order valence-corrected chi connectivity index (χ1v) is 13.6. The van der Waals surface area contributed by atoms with Crippen LogP contribution in [-0.2, 0) is 19.4 Å². The predicted octanol–water partition coefficient (Wildman–Crippen LogP) is 7.23. The van der Waals surface area contributed by atoms with Gasteiger partial charge in [-0.3, -0.25) is 0 Å². The second kappa shape index (κ2) is 10.3. The van der Waals surface area contributed by atoms with Crippen molar-refractivity contribution < 1.29 is 4.79 Å². The van der Waals surface area contributed by atoms with Crippen LogP contribution < -0.4 is 5.32 Å². The number of carbonyl (C=O) groups is 1. The van der Waals surface area contributed by atoms with Crippen molar-refractivity contribution in [3.8, 4) is 11.5 Å². The minimum atomic E-state index is -0.282. The number of hydrogen-bond donors (Lipinski definition) is 1. The summed E-state index contributed by atoms with van der Waals surface area (Å²) in [7, 11) is 0. The van der Waals surface area contributed by atoms with Crippen molar-refractivity contribution in [2.45, 2.75) is 46.2 Å². The Morgan fingerprint density at radius 3 is 2.49 bits per heavy atom. The Morgan fingerprint density at radius 2 is 1.72 bits per heavy atom. The van der Waals surface area contributed by atoms with Gasteiger partial charge < -0.3 is 14.8 Å². The highest BCUT2D eigenvalue weighted by atomic mass is 16.2. The molecule has 0 aliphatic carbocycles. The molecule has 3 heterocycles. The summed E-state index contributed by atoms with van der Waals surface area (Å²) in [5, 5.41) is 8.31. The van der Waals surface area contributed by atoms with E-state index in [4.69, 9.17) is 5.10 Å². The molecule has 0 saturated carbocycles. The van der Waals surface area contributed by atoms with Gasteiger partial charge in [0.1, 0.15) is 5.82 Å². The van der Waals surface area contributed by atoms with Crippen molar-refractivity contribution in [3.05, 3.63) is 131 Å². The molecule has 2 amide bonds. The summed E-state index contributed by atoms with van der Waals surface area (Å²) >= 11 is 0. The maximum atomic E-state index is 14.3. The van der Waals surface area contributed by atoms with Crippen LogP contribution in [0.5, 0.6) is 0 Å². The number of benzene rings is 3. The smallest absolute Gasteiger partial charge is 0.308 e. The highest BCUT2D eigenvalue weighted by Gasteiger charge is 2.36. The van der Waals surface area contributed by atoms with Crippen LogP contribution in [0.2, 0.25) is 0 Å². The lowest BCUT2D eigenvalue weighted by Gasteiger charge is -2.31. The second-order valence-corrected chi connectivity index (χ2v) is 10.0. The summed E-state index contributed by atoms with van der Waals surface area (Å²) in [5.41, 5.74) is 8.28. The van der Waals surface area contributed by atoms with Crippen LogP contribution in [0.25, 0.3) is 11.5 Å². The number of amides is 2. The molecule has 6 nitrogen and oxygen atoms in total. The highest BCUT2D eigenvalue weighted by molar-refractivity contribution is 5.91. The van der Waals surface area contributed by atoms with Gasteiger partial charge in [-0.15, -0.1) is 0 Å². The molecule has 1 unspecified atom stereocenters. The van der Waals surface area contributed by atoms with Crippen LogP contribution in [0.4, 0.5) is 10.5 Å². The lowest BCUT2D eigenvalue weighted by molar-refractivity contribution is 0.194. The predicted molar refractivity (Wildman–Crippen MR) is 156 cm³/mol. The second-order valence-electron chi connectivity index (χ2n) is 10.0. The number of aromatic nitrogens is 3. The molecule has 39 heavy (non-hydrogen) atoms. The Labute approximate surface area is 229 Å². The molecule has 0 radical (unpaired) electrons. The van der Waals surface area contributed by atoms with Gasteiger partial charge >= 0.3 is 6.03 Å². The van der Waals surface area contributed by atoms with Gasteiger partial charge in [0.2, 0.25) is 0 Å². The van der Waals surface area contributed by atoms with Crippen molar-refractivity contribution in [3.63, 3.8) is 0 Å². The van der Waals surface area contributed by atoms with Gasteiger partial charge in [-0.2, -0.15) is 5.10 Å². The first kappa shape index (κ1) is 24.7. The molecule has 0 spiro atoms. The molecule has 2 aromatic heterocycles. The molecule has 1 aliphatic heterocycles. The zero-order valence-corrected chi connectivity index (χ0v) is 22.6. The third-order valence-corrected chi connectivity index (χ3v) is 7.56. The van der Waals surface area contributed by atoms with E-state index in [0.717, 1.165) is 63.7 Å². The van der Waals surface area contributed by atoms with Crippen molar-refractivity contribution in [2.24, 2.45) is 0 Å². The largest absolute Gasteiger partial charge is 0.322 e. The third kappa shape index (κ3) is 4.42. The van der Waals surface area contributed by atoms with E-state index in [1.165, 1.54) is 0 Å². The molecule has 196 valence electrons. The molecule has 0 bridgehead atoms. The molecule has 3 aromatic carbocycles. The third-order valence-electron chi connectivity index (χ3n) is 7.56. The number of carbonyl (C=O) groups excluding carboxylic acids is 1. The standard InChI is InChI=1S/C33H33N5O/c1-4-24-14-9-10-18-29(24)34-33(39)37-22-27-28(5-2)35-38(26-16-7-6-8-17-26)32(27)36-20-12-19-30(36)31(37)25-15-11-13-23(3)21-25/h6-21,31H,4-5,22H2,1-3H3,(H,34,39). The first-order chi connectivity index (χ1) is 19.1. The summed E-state index contributed by atoms with van der Waals surface area (Å²) in [6, 6.07) is 30.5. The highest BCUT2D eigenvalue weighted by Crippen LogP contribution is 2.39. The molecular weight excluding hydrogens is 482 g/mol. The lowest BCUT2D eigenvalue weighted by atomic mass is 10.00. The zero-order valence-electron chi connectivity index (χ0n) is 22.6. The molecule has 1 atom stereocenters. The molecular formula is C33H33N5O. The van der Waals surface area contributed by atoms with Crippen LogP contribution in [0, 0.1) is 6.92 Å². The fraction of sp³-hybridized carbons (Fsp3) is 0.212.